The SMILES string of the molecule is C=CCNC(=O)C(C)(C)C(=O)NCCCN(C)C. The maximum absolute atomic E-state index is 11.9. The molecule has 0 heterocycles. The van der Waals surface area contributed by atoms with Crippen molar-refractivity contribution < 1.29 is 9.59 Å². The fourth-order valence-corrected chi connectivity index (χ4v) is 1.31. The van der Waals surface area contributed by atoms with Crippen molar-refractivity contribution in [2.75, 3.05) is 33.7 Å². The molecule has 104 valence electrons. The van der Waals surface area contributed by atoms with Crippen molar-refractivity contribution in [2.45, 2.75) is 20.3 Å². The van der Waals surface area contributed by atoms with Crippen LogP contribution < -0.4 is 10.6 Å². The summed E-state index contributed by atoms with van der Waals surface area (Å²) in [6.45, 7) is 8.61. The zero-order valence-electron chi connectivity index (χ0n) is 11.9. The predicted octanol–water partition coefficient (Wildman–Crippen LogP) is 0.383. The van der Waals surface area contributed by atoms with Crippen molar-refractivity contribution in [2.24, 2.45) is 5.41 Å². The summed E-state index contributed by atoms with van der Waals surface area (Å²) in [5.41, 5.74) is -1.05. The molecule has 2 N–H and O–H groups in total. The summed E-state index contributed by atoms with van der Waals surface area (Å²) in [4.78, 5) is 25.7. The summed E-state index contributed by atoms with van der Waals surface area (Å²) in [6.07, 6.45) is 2.45. The Balaban J connectivity index is 4.13. The second kappa shape index (κ2) is 7.87. The molecule has 0 saturated heterocycles. The highest BCUT2D eigenvalue weighted by Gasteiger charge is 2.35. The molecule has 0 aliphatic carbocycles. The first kappa shape index (κ1) is 16.6. The first-order valence-corrected chi connectivity index (χ1v) is 6.14. The molecule has 0 aromatic heterocycles. The van der Waals surface area contributed by atoms with Gasteiger partial charge in [0, 0.05) is 13.1 Å². The van der Waals surface area contributed by atoms with Crippen molar-refractivity contribution in [1.29, 1.82) is 0 Å². The third-order valence-corrected chi connectivity index (χ3v) is 2.61. The molecular formula is C13H25N3O2. The molecule has 0 saturated carbocycles. The van der Waals surface area contributed by atoms with Crippen LogP contribution in [-0.4, -0.2) is 50.4 Å². The summed E-state index contributed by atoms with van der Waals surface area (Å²) >= 11 is 0. The van der Waals surface area contributed by atoms with E-state index in [1.807, 2.05) is 19.0 Å². The smallest absolute Gasteiger partial charge is 0.235 e. The van der Waals surface area contributed by atoms with Crippen LogP contribution in [0.1, 0.15) is 20.3 Å². The first-order chi connectivity index (χ1) is 8.32. The van der Waals surface area contributed by atoms with Gasteiger partial charge in [-0.1, -0.05) is 6.08 Å². The number of hydrogen-bond donors (Lipinski definition) is 2. The topological polar surface area (TPSA) is 61.4 Å². The Bertz CT molecular complexity index is 299. The Morgan fingerprint density at radius 2 is 1.78 bits per heavy atom. The van der Waals surface area contributed by atoms with E-state index in [4.69, 9.17) is 0 Å². The molecule has 0 aromatic carbocycles. The van der Waals surface area contributed by atoms with Crippen LogP contribution in [0.3, 0.4) is 0 Å². The van der Waals surface area contributed by atoms with Gasteiger partial charge in [0.2, 0.25) is 11.8 Å². The van der Waals surface area contributed by atoms with Crippen molar-refractivity contribution in [1.82, 2.24) is 15.5 Å². The van der Waals surface area contributed by atoms with Crippen LogP contribution in [0.2, 0.25) is 0 Å². The van der Waals surface area contributed by atoms with E-state index in [0.717, 1.165) is 13.0 Å². The van der Waals surface area contributed by atoms with Crippen molar-refractivity contribution in [3.8, 4) is 0 Å². The van der Waals surface area contributed by atoms with E-state index >= 15 is 0 Å². The number of nitrogens with one attached hydrogen (secondary N) is 2. The van der Waals surface area contributed by atoms with Gasteiger partial charge in [0.05, 0.1) is 0 Å². The summed E-state index contributed by atoms with van der Waals surface area (Å²) < 4.78 is 0. The standard InChI is InChI=1S/C13H25N3O2/c1-6-8-14-11(17)13(2,3)12(18)15-9-7-10-16(4)5/h6H,1,7-10H2,2-5H3,(H,14,17)(H,15,18). The third kappa shape index (κ3) is 5.82. The first-order valence-electron chi connectivity index (χ1n) is 6.14. The molecule has 5 nitrogen and oxygen atoms in total. The Labute approximate surface area is 110 Å². The number of carbonyl (C=O) groups excluding carboxylic acids is 2. The van der Waals surface area contributed by atoms with E-state index in [-0.39, 0.29) is 11.8 Å². The minimum Gasteiger partial charge on any atom is -0.355 e. The molecule has 0 bridgehead atoms. The van der Waals surface area contributed by atoms with Crippen LogP contribution in [0.4, 0.5) is 0 Å². The Hall–Kier alpha value is -1.36. The van der Waals surface area contributed by atoms with Crippen molar-refractivity contribution in [3.05, 3.63) is 12.7 Å². The predicted molar refractivity (Wildman–Crippen MR) is 73.2 cm³/mol. The van der Waals surface area contributed by atoms with Crippen molar-refractivity contribution in [3.63, 3.8) is 0 Å². The summed E-state index contributed by atoms with van der Waals surface area (Å²) in [5.74, 6) is -0.532. The molecule has 0 radical (unpaired) electrons. The van der Waals surface area contributed by atoms with E-state index in [9.17, 15) is 9.59 Å². The number of amides is 2. The van der Waals surface area contributed by atoms with Gasteiger partial charge in [-0.3, -0.25) is 9.59 Å². The quantitative estimate of drug-likeness (QED) is 0.374. The number of hydrogen-bond acceptors (Lipinski definition) is 3. The number of nitrogens with zero attached hydrogens (tertiary/aromatic N) is 1. The van der Waals surface area contributed by atoms with Crippen LogP contribution in [0.15, 0.2) is 12.7 Å². The van der Waals surface area contributed by atoms with Gasteiger partial charge in [0.1, 0.15) is 5.41 Å². The summed E-state index contributed by atoms with van der Waals surface area (Å²) in [7, 11) is 3.96. The second-order valence-corrected chi connectivity index (χ2v) is 5.04. The highest BCUT2D eigenvalue weighted by Crippen LogP contribution is 2.15. The molecular weight excluding hydrogens is 230 g/mol. The third-order valence-electron chi connectivity index (χ3n) is 2.61. The lowest BCUT2D eigenvalue weighted by molar-refractivity contribution is -0.141. The molecule has 0 aliphatic heterocycles. The van der Waals surface area contributed by atoms with E-state index in [0.29, 0.717) is 13.1 Å². The lowest BCUT2D eigenvalue weighted by atomic mass is 9.91. The minimum absolute atomic E-state index is 0.247. The Kier molecular flexibility index (Phi) is 7.27. The molecule has 0 aliphatic rings. The van der Waals surface area contributed by atoms with Crippen LogP contribution >= 0.6 is 0 Å². The fourth-order valence-electron chi connectivity index (χ4n) is 1.31. The van der Waals surface area contributed by atoms with E-state index < -0.39 is 5.41 Å². The Morgan fingerprint density at radius 3 is 2.28 bits per heavy atom. The van der Waals surface area contributed by atoms with Crippen LogP contribution in [-0.2, 0) is 9.59 Å². The van der Waals surface area contributed by atoms with Gasteiger partial charge in [-0.15, -0.1) is 6.58 Å². The average Bonchev–Trinajstić information content (AvgIpc) is 2.30. The van der Waals surface area contributed by atoms with Crippen LogP contribution in [0, 0.1) is 5.41 Å². The van der Waals surface area contributed by atoms with Gasteiger partial charge in [0.25, 0.3) is 0 Å². The molecule has 5 heteroatoms. The summed E-state index contributed by atoms with van der Waals surface area (Å²) in [6, 6.07) is 0. The maximum Gasteiger partial charge on any atom is 0.235 e. The molecule has 0 fully saturated rings. The van der Waals surface area contributed by atoms with Crippen LogP contribution in [0.25, 0.3) is 0 Å². The number of carbonyl (C=O) groups is 2. The van der Waals surface area contributed by atoms with E-state index in [1.165, 1.54) is 0 Å². The minimum atomic E-state index is -1.05. The lowest BCUT2D eigenvalue weighted by Crippen LogP contribution is -2.48. The van der Waals surface area contributed by atoms with Gasteiger partial charge in [-0.25, -0.2) is 0 Å². The fraction of sp³-hybridized carbons (Fsp3) is 0.692. The molecule has 0 atom stereocenters. The highest BCUT2D eigenvalue weighted by atomic mass is 16.2. The molecule has 0 aromatic rings. The van der Waals surface area contributed by atoms with Gasteiger partial charge in [-0.05, 0) is 40.9 Å². The zero-order valence-corrected chi connectivity index (χ0v) is 11.9. The highest BCUT2D eigenvalue weighted by molar-refractivity contribution is 6.04. The molecule has 0 spiro atoms. The molecule has 2 amide bonds. The maximum atomic E-state index is 11.9. The molecule has 0 rings (SSSR count). The normalized spacial score (nSPS) is 11.2. The molecule has 0 unspecified atom stereocenters. The van der Waals surface area contributed by atoms with Gasteiger partial charge in [0.15, 0.2) is 0 Å². The van der Waals surface area contributed by atoms with E-state index in [2.05, 4.69) is 17.2 Å². The zero-order chi connectivity index (χ0) is 14.2. The van der Waals surface area contributed by atoms with E-state index in [1.54, 1.807) is 19.9 Å². The van der Waals surface area contributed by atoms with Crippen LogP contribution in [0.5, 0.6) is 0 Å². The monoisotopic (exact) mass is 255 g/mol. The van der Waals surface area contributed by atoms with Gasteiger partial charge >= 0.3 is 0 Å². The van der Waals surface area contributed by atoms with Gasteiger partial charge < -0.3 is 15.5 Å². The largest absolute Gasteiger partial charge is 0.355 e. The average molecular weight is 255 g/mol. The Morgan fingerprint density at radius 1 is 1.22 bits per heavy atom. The molecule has 18 heavy (non-hydrogen) atoms. The second-order valence-electron chi connectivity index (χ2n) is 5.04. The lowest BCUT2D eigenvalue weighted by Gasteiger charge is -2.22. The van der Waals surface area contributed by atoms with Crippen molar-refractivity contribution >= 4 is 11.8 Å². The number of rotatable bonds is 8. The van der Waals surface area contributed by atoms with Gasteiger partial charge in [-0.2, -0.15) is 0 Å². The summed E-state index contributed by atoms with van der Waals surface area (Å²) in [5, 5.41) is 5.42.